The monoisotopic (exact) mass is 312 g/mol. The highest BCUT2D eigenvalue weighted by atomic mass is 16.1. The standard InChI is InChI=1S/C18H24N4O/c1-4-5-9-19-17-11-16(21-14(3)22-17)18(23)20-12-15-8-6-7-13(2)10-15/h6-8,10-11H,4-5,9,12H2,1-3H3,(H,20,23)(H,19,21,22). The molecule has 0 bridgehead atoms. The van der Waals surface area contributed by atoms with Gasteiger partial charge < -0.3 is 10.6 Å². The van der Waals surface area contributed by atoms with Gasteiger partial charge in [0.25, 0.3) is 5.91 Å². The maximum Gasteiger partial charge on any atom is 0.270 e. The van der Waals surface area contributed by atoms with Crippen LogP contribution in [0.2, 0.25) is 0 Å². The van der Waals surface area contributed by atoms with Crippen molar-refractivity contribution in [3.8, 4) is 0 Å². The molecule has 0 spiro atoms. The minimum absolute atomic E-state index is 0.185. The summed E-state index contributed by atoms with van der Waals surface area (Å²) in [6.07, 6.45) is 2.18. The number of benzene rings is 1. The number of anilines is 1. The van der Waals surface area contributed by atoms with Crippen molar-refractivity contribution in [3.63, 3.8) is 0 Å². The number of unbranched alkanes of at least 4 members (excludes halogenated alkanes) is 1. The van der Waals surface area contributed by atoms with Gasteiger partial charge in [-0.25, -0.2) is 9.97 Å². The number of carbonyl (C=O) groups excluding carboxylic acids is 1. The Bertz CT molecular complexity index is 670. The molecule has 0 aliphatic carbocycles. The molecule has 2 rings (SSSR count). The summed E-state index contributed by atoms with van der Waals surface area (Å²) in [6.45, 7) is 7.30. The summed E-state index contributed by atoms with van der Waals surface area (Å²) in [7, 11) is 0. The molecule has 23 heavy (non-hydrogen) atoms. The molecule has 0 aliphatic heterocycles. The smallest absolute Gasteiger partial charge is 0.270 e. The van der Waals surface area contributed by atoms with Crippen LogP contribution in [0.3, 0.4) is 0 Å². The van der Waals surface area contributed by atoms with Crippen LogP contribution < -0.4 is 10.6 Å². The topological polar surface area (TPSA) is 66.9 Å². The van der Waals surface area contributed by atoms with Gasteiger partial charge in [0.2, 0.25) is 0 Å². The van der Waals surface area contributed by atoms with Gasteiger partial charge in [-0.15, -0.1) is 0 Å². The average Bonchev–Trinajstić information content (AvgIpc) is 2.52. The van der Waals surface area contributed by atoms with E-state index in [1.165, 1.54) is 5.56 Å². The Morgan fingerprint density at radius 1 is 1.17 bits per heavy atom. The van der Waals surface area contributed by atoms with Crippen molar-refractivity contribution in [1.82, 2.24) is 15.3 Å². The number of nitrogens with zero attached hydrogens (tertiary/aromatic N) is 2. The van der Waals surface area contributed by atoms with E-state index < -0.39 is 0 Å². The predicted octanol–water partition coefficient (Wildman–Crippen LogP) is 3.24. The van der Waals surface area contributed by atoms with E-state index in [0.29, 0.717) is 23.9 Å². The Kier molecular flexibility index (Phi) is 6.09. The molecule has 1 heterocycles. The number of aryl methyl sites for hydroxylation is 2. The van der Waals surface area contributed by atoms with Crippen LogP contribution in [0, 0.1) is 13.8 Å². The van der Waals surface area contributed by atoms with E-state index in [-0.39, 0.29) is 5.91 Å². The Labute approximate surface area is 137 Å². The van der Waals surface area contributed by atoms with Crippen LogP contribution in [0.1, 0.15) is 47.2 Å². The highest BCUT2D eigenvalue weighted by Crippen LogP contribution is 2.08. The zero-order valence-electron chi connectivity index (χ0n) is 14.0. The SMILES string of the molecule is CCCCNc1cc(C(=O)NCc2cccc(C)c2)nc(C)n1. The van der Waals surface area contributed by atoms with Gasteiger partial charge in [0.15, 0.2) is 0 Å². The van der Waals surface area contributed by atoms with Gasteiger partial charge in [-0.2, -0.15) is 0 Å². The molecule has 122 valence electrons. The van der Waals surface area contributed by atoms with Crippen LogP contribution in [0.4, 0.5) is 5.82 Å². The molecular weight excluding hydrogens is 288 g/mol. The lowest BCUT2D eigenvalue weighted by Gasteiger charge is -2.09. The van der Waals surface area contributed by atoms with E-state index in [4.69, 9.17) is 0 Å². The van der Waals surface area contributed by atoms with Crippen molar-refractivity contribution >= 4 is 11.7 Å². The number of hydrogen-bond acceptors (Lipinski definition) is 4. The first-order chi connectivity index (χ1) is 11.1. The molecule has 2 aromatic rings. The zero-order chi connectivity index (χ0) is 16.7. The molecule has 0 fully saturated rings. The summed E-state index contributed by atoms with van der Waals surface area (Å²) in [5.74, 6) is 1.11. The first-order valence-electron chi connectivity index (χ1n) is 8.02. The van der Waals surface area contributed by atoms with Crippen molar-refractivity contribution in [1.29, 1.82) is 0 Å². The summed E-state index contributed by atoms with van der Waals surface area (Å²) >= 11 is 0. The molecule has 2 N–H and O–H groups in total. The first-order valence-corrected chi connectivity index (χ1v) is 8.02. The maximum atomic E-state index is 12.3. The summed E-state index contributed by atoms with van der Waals surface area (Å²) in [5.41, 5.74) is 2.65. The molecule has 0 saturated heterocycles. The van der Waals surface area contributed by atoms with Crippen LogP contribution in [0.25, 0.3) is 0 Å². The fourth-order valence-electron chi connectivity index (χ4n) is 2.26. The molecule has 0 aliphatic rings. The Morgan fingerprint density at radius 2 is 2.00 bits per heavy atom. The van der Waals surface area contributed by atoms with Crippen molar-refractivity contribution in [3.05, 3.63) is 53.0 Å². The molecule has 0 atom stereocenters. The summed E-state index contributed by atoms with van der Waals surface area (Å²) in [6, 6.07) is 9.78. The van der Waals surface area contributed by atoms with Crippen molar-refractivity contribution in [2.45, 2.75) is 40.2 Å². The highest BCUT2D eigenvalue weighted by Gasteiger charge is 2.10. The van der Waals surface area contributed by atoms with Gasteiger partial charge in [0.05, 0.1) is 0 Å². The number of amides is 1. The maximum absolute atomic E-state index is 12.3. The zero-order valence-corrected chi connectivity index (χ0v) is 14.0. The second-order valence-corrected chi connectivity index (χ2v) is 5.64. The van der Waals surface area contributed by atoms with Gasteiger partial charge in [0, 0.05) is 19.2 Å². The van der Waals surface area contributed by atoms with Gasteiger partial charge in [-0.05, 0) is 25.8 Å². The van der Waals surface area contributed by atoms with E-state index in [9.17, 15) is 4.79 Å². The number of aromatic nitrogens is 2. The Balaban J connectivity index is 2.00. The molecule has 5 heteroatoms. The van der Waals surface area contributed by atoms with E-state index >= 15 is 0 Å². The van der Waals surface area contributed by atoms with Crippen LogP contribution >= 0.6 is 0 Å². The fourth-order valence-corrected chi connectivity index (χ4v) is 2.26. The largest absolute Gasteiger partial charge is 0.370 e. The van der Waals surface area contributed by atoms with E-state index in [1.807, 2.05) is 25.1 Å². The van der Waals surface area contributed by atoms with Gasteiger partial charge in [-0.1, -0.05) is 43.2 Å². The fraction of sp³-hybridized carbons (Fsp3) is 0.389. The molecule has 1 amide bonds. The molecule has 1 aromatic carbocycles. The third-order valence-corrected chi connectivity index (χ3v) is 3.44. The lowest BCUT2D eigenvalue weighted by atomic mass is 10.1. The van der Waals surface area contributed by atoms with E-state index in [1.54, 1.807) is 13.0 Å². The molecule has 0 unspecified atom stereocenters. The van der Waals surface area contributed by atoms with Crippen molar-refractivity contribution in [2.75, 3.05) is 11.9 Å². The van der Waals surface area contributed by atoms with Crippen LogP contribution in [-0.2, 0) is 6.54 Å². The van der Waals surface area contributed by atoms with Crippen LogP contribution in [0.15, 0.2) is 30.3 Å². The van der Waals surface area contributed by atoms with Gasteiger partial charge >= 0.3 is 0 Å². The van der Waals surface area contributed by atoms with Crippen molar-refractivity contribution < 1.29 is 4.79 Å². The predicted molar refractivity (Wildman–Crippen MR) is 92.5 cm³/mol. The molecule has 0 saturated carbocycles. The third kappa shape index (κ3) is 5.36. The molecule has 1 aromatic heterocycles. The highest BCUT2D eigenvalue weighted by molar-refractivity contribution is 5.92. The number of carbonyl (C=O) groups is 1. The average molecular weight is 312 g/mol. The normalized spacial score (nSPS) is 10.4. The Morgan fingerprint density at radius 3 is 2.74 bits per heavy atom. The van der Waals surface area contributed by atoms with Crippen molar-refractivity contribution in [2.24, 2.45) is 0 Å². The second kappa shape index (κ2) is 8.27. The van der Waals surface area contributed by atoms with Gasteiger partial charge in [-0.3, -0.25) is 4.79 Å². The lowest BCUT2D eigenvalue weighted by molar-refractivity contribution is 0.0945. The summed E-state index contributed by atoms with van der Waals surface area (Å²) in [5, 5.41) is 6.14. The molecule has 0 radical (unpaired) electrons. The summed E-state index contributed by atoms with van der Waals surface area (Å²) in [4.78, 5) is 20.9. The second-order valence-electron chi connectivity index (χ2n) is 5.64. The minimum Gasteiger partial charge on any atom is -0.370 e. The van der Waals surface area contributed by atoms with Crippen LogP contribution in [0.5, 0.6) is 0 Å². The number of nitrogens with one attached hydrogen (secondary N) is 2. The molecule has 5 nitrogen and oxygen atoms in total. The third-order valence-electron chi connectivity index (χ3n) is 3.44. The minimum atomic E-state index is -0.185. The van der Waals surface area contributed by atoms with Gasteiger partial charge in [0.1, 0.15) is 17.3 Å². The van der Waals surface area contributed by atoms with E-state index in [0.717, 1.165) is 24.9 Å². The Hall–Kier alpha value is -2.43. The lowest BCUT2D eigenvalue weighted by Crippen LogP contribution is -2.24. The quantitative estimate of drug-likeness (QED) is 0.770. The van der Waals surface area contributed by atoms with Crippen LogP contribution in [-0.4, -0.2) is 22.4 Å². The summed E-state index contributed by atoms with van der Waals surface area (Å²) < 4.78 is 0. The number of hydrogen-bond donors (Lipinski definition) is 2. The van der Waals surface area contributed by atoms with E-state index in [2.05, 4.69) is 33.6 Å². The molecular formula is C18H24N4O. The number of rotatable bonds is 7. The first kappa shape index (κ1) is 16.9.